The number of anilines is 1. The van der Waals surface area contributed by atoms with Crippen molar-refractivity contribution in [1.82, 2.24) is 19.9 Å². The van der Waals surface area contributed by atoms with E-state index in [9.17, 15) is 14.0 Å². The number of hydrogen-bond acceptors (Lipinski definition) is 5. The van der Waals surface area contributed by atoms with Crippen molar-refractivity contribution in [3.05, 3.63) is 78.0 Å². The number of fused-ring (bicyclic) bond motifs is 1. The predicted octanol–water partition coefficient (Wildman–Crippen LogP) is 3.78. The number of halogens is 1. The second-order valence-corrected chi connectivity index (χ2v) is 9.41. The Morgan fingerprint density at radius 2 is 2.18 bits per heavy atom. The highest BCUT2D eigenvalue weighted by molar-refractivity contribution is 5.98. The van der Waals surface area contributed by atoms with Crippen LogP contribution in [0, 0.1) is 17.7 Å². The average Bonchev–Trinajstić information content (AvgIpc) is 3.49. The molecule has 0 aliphatic carbocycles. The lowest BCUT2D eigenvalue weighted by Gasteiger charge is -2.29. The summed E-state index contributed by atoms with van der Waals surface area (Å²) < 4.78 is 21.6. The number of nitrogens with zero attached hydrogens (tertiary/aromatic N) is 3. The first kappa shape index (κ1) is 25.1. The Kier molecular flexibility index (Phi) is 6.64. The molecule has 2 aromatic heterocycles. The molecule has 194 valence electrons. The van der Waals surface area contributed by atoms with E-state index in [4.69, 9.17) is 4.74 Å². The highest BCUT2D eigenvalue weighted by Gasteiger charge is 2.37. The second kappa shape index (κ2) is 10.1. The number of benzene rings is 1. The zero-order valence-corrected chi connectivity index (χ0v) is 21.3. The fraction of sp³-hybridized carbons (Fsp3) is 0.276. The van der Waals surface area contributed by atoms with Crippen LogP contribution in [0.2, 0.25) is 0 Å². The quantitative estimate of drug-likeness (QED) is 0.401. The third-order valence-electron chi connectivity index (χ3n) is 7.04. The predicted molar refractivity (Wildman–Crippen MR) is 142 cm³/mol. The Bertz CT molecular complexity index is 1500. The van der Waals surface area contributed by atoms with E-state index in [0.29, 0.717) is 42.0 Å². The fourth-order valence-corrected chi connectivity index (χ4v) is 5.11. The van der Waals surface area contributed by atoms with E-state index >= 15 is 0 Å². The Labute approximate surface area is 220 Å². The van der Waals surface area contributed by atoms with Crippen molar-refractivity contribution in [2.24, 2.45) is 0 Å². The van der Waals surface area contributed by atoms with Crippen LogP contribution in [0.3, 0.4) is 0 Å². The molecule has 9 heteroatoms. The van der Waals surface area contributed by atoms with Gasteiger partial charge in [-0.1, -0.05) is 24.5 Å². The first-order valence-corrected chi connectivity index (χ1v) is 12.4. The number of para-hydroxylation sites is 1. The largest absolute Gasteiger partial charge is 0.492 e. The maximum Gasteiger partial charge on any atom is 0.253 e. The van der Waals surface area contributed by atoms with Crippen LogP contribution in [0.15, 0.2) is 55.4 Å². The van der Waals surface area contributed by atoms with Crippen molar-refractivity contribution < 1.29 is 18.7 Å². The molecule has 2 amide bonds. The number of ether oxygens (including phenoxy) is 1. The number of nitrogens with one attached hydrogen (secondary N) is 2. The molecular weight excluding hydrogens is 485 g/mol. The summed E-state index contributed by atoms with van der Waals surface area (Å²) in [6.45, 7) is 6.67. The van der Waals surface area contributed by atoms with E-state index in [2.05, 4.69) is 34.1 Å². The molecular formula is C29H28FN5O3. The minimum absolute atomic E-state index is 0.0667. The zero-order valence-electron chi connectivity index (χ0n) is 21.3. The van der Waals surface area contributed by atoms with Crippen LogP contribution >= 0.6 is 0 Å². The summed E-state index contributed by atoms with van der Waals surface area (Å²) in [6, 6.07) is 8.25. The van der Waals surface area contributed by atoms with E-state index in [1.54, 1.807) is 40.2 Å². The smallest absolute Gasteiger partial charge is 0.253 e. The first-order valence-electron chi connectivity index (χ1n) is 12.4. The lowest BCUT2D eigenvalue weighted by atomic mass is 9.98. The standard InChI is InChI=1S/C29H28FN5O3/c1-4-26(36)34-16-6-12-29(34,2)13-9-19-18-31-14-10-20(19)25-17-21-24(11-15-32-28(21)37)35(25)33-23-8-5-7-22(30)27(23)38-3/h4-5,7-8,10,14,17-18,33H,1,6,11-12,15-16H2,2-3H3,(H,32,37)/t29-/m1/s1. The van der Waals surface area contributed by atoms with Crippen molar-refractivity contribution in [2.75, 3.05) is 25.6 Å². The minimum Gasteiger partial charge on any atom is -0.492 e. The van der Waals surface area contributed by atoms with Gasteiger partial charge in [-0.2, -0.15) is 0 Å². The van der Waals surface area contributed by atoms with Gasteiger partial charge >= 0.3 is 0 Å². The van der Waals surface area contributed by atoms with Crippen molar-refractivity contribution in [1.29, 1.82) is 0 Å². The normalized spacial score (nSPS) is 18.2. The molecule has 1 fully saturated rings. The molecule has 1 saturated heterocycles. The van der Waals surface area contributed by atoms with Crippen molar-refractivity contribution >= 4 is 17.5 Å². The lowest BCUT2D eigenvalue weighted by molar-refractivity contribution is -0.127. The van der Waals surface area contributed by atoms with Gasteiger partial charge in [-0.25, -0.2) is 4.39 Å². The lowest BCUT2D eigenvalue weighted by Crippen LogP contribution is -2.43. The van der Waals surface area contributed by atoms with Gasteiger partial charge in [-0.15, -0.1) is 0 Å². The second-order valence-electron chi connectivity index (χ2n) is 9.41. The Hall–Kier alpha value is -4.58. The SMILES string of the molecule is C=CC(=O)N1CCC[C@]1(C)C#Cc1cnccc1-c1cc2c(n1Nc1cccc(F)c1OC)CCNC2=O. The van der Waals surface area contributed by atoms with Gasteiger partial charge < -0.3 is 15.0 Å². The number of carbonyl (C=O) groups is 2. The number of rotatable bonds is 5. The number of carbonyl (C=O) groups excluding carboxylic acids is 2. The number of methoxy groups -OCH3 is 1. The van der Waals surface area contributed by atoms with Crippen molar-refractivity contribution in [3.8, 4) is 28.8 Å². The monoisotopic (exact) mass is 513 g/mol. The number of pyridine rings is 1. The van der Waals surface area contributed by atoms with Crippen LogP contribution in [0.5, 0.6) is 5.75 Å². The van der Waals surface area contributed by atoms with Crippen LogP contribution in [0.4, 0.5) is 10.1 Å². The molecule has 0 saturated carbocycles. The van der Waals surface area contributed by atoms with Gasteiger partial charge in [0.05, 0.1) is 35.3 Å². The molecule has 4 heterocycles. The van der Waals surface area contributed by atoms with Gasteiger partial charge in [-0.3, -0.25) is 24.7 Å². The van der Waals surface area contributed by atoms with Crippen LogP contribution < -0.4 is 15.5 Å². The fourth-order valence-electron chi connectivity index (χ4n) is 5.11. The Morgan fingerprint density at radius 1 is 1.34 bits per heavy atom. The van der Waals surface area contributed by atoms with E-state index < -0.39 is 11.4 Å². The first-order chi connectivity index (χ1) is 18.4. The molecule has 0 spiro atoms. The summed E-state index contributed by atoms with van der Waals surface area (Å²) in [4.78, 5) is 31.2. The maximum atomic E-state index is 14.5. The molecule has 3 aromatic rings. The van der Waals surface area contributed by atoms with Crippen molar-refractivity contribution in [2.45, 2.75) is 31.7 Å². The van der Waals surface area contributed by atoms with E-state index in [1.165, 1.54) is 19.3 Å². The van der Waals surface area contributed by atoms with Gasteiger partial charge in [0.25, 0.3) is 5.91 Å². The van der Waals surface area contributed by atoms with Crippen LogP contribution in [-0.4, -0.2) is 52.1 Å². The van der Waals surface area contributed by atoms with Crippen LogP contribution in [0.1, 0.15) is 41.4 Å². The third kappa shape index (κ3) is 4.39. The van der Waals surface area contributed by atoms with Crippen molar-refractivity contribution in [3.63, 3.8) is 0 Å². The van der Waals surface area contributed by atoms with Gasteiger partial charge in [-0.05, 0) is 50.1 Å². The molecule has 8 nitrogen and oxygen atoms in total. The molecule has 0 unspecified atom stereocenters. The summed E-state index contributed by atoms with van der Waals surface area (Å²) in [6.07, 6.45) is 6.82. The third-order valence-corrected chi connectivity index (χ3v) is 7.04. The number of likely N-dealkylation sites (tertiary alicyclic amines) is 1. The summed E-state index contributed by atoms with van der Waals surface area (Å²) in [7, 11) is 1.41. The summed E-state index contributed by atoms with van der Waals surface area (Å²) in [5.41, 5.74) is 6.37. The molecule has 1 atom stereocenters. The minimum atomic E-state index is -0.632. The topological polar surface area (TPSA) is 88.5 Å². The molecule has 2 N–H and O–H groups in total. The summed E-state index contributed by atoms with van der Waals surface area (Å²) in [5, 5.41) is 2.88. The number of hydrogen-bond donors (Lipinski definition) is 2. The van der Waals surface area contributed by atoms with E-state index in [1.807, 2.05) is 13.0 Å². The van der Waals surface area contributed by atoms with Crippen LogP contribution in [-0.2, 0) is 11.2 Å². The highest BCUT2D eigenvalue weighted by atomic mass is 19.1. The highest BCUT2D eigenvalue weighted by Crippen LogP contribution is 2.34. The molecule has 2 aliphatic rings. The molecule has 2 aliphatic heterocycles. The van der Waals surface area contributed by atoms with Gasteiger partial charge in [0.1, 0.15) is 5.54 Å². The molecule has 1 aromatic carbocycles. The van der Waals surface area contributed by atoms with Gasteiger partial charge in [0, 0.05) is 37.5 Å². The summed E-state index contributed by atoms with van der Waals surface area (Å²) in [5.74, 6) is 5.79. The van der Waals surface area contributed by atoms with Crippen LogP contribution in [0.25, 0.3) is 11.3 Å². The zero-order chi connectivity index (χ0) is 26.9. The number of aromatic nitrogens is 2. The molecule has 38 heavy (non-hydrogen) atoms. The molecule has 0 radical (unpaired) electrons. The van der Waals surface area contributed by atoms with Gasteiger partial charge in [0.15, 0.2) is 11.6 Å². The molecule has 0 bridgehead atoms. The van der Waals surface area contributed by atoms with Gasteiger partial charge in [0.2, 0.25) is 5.91 Å². The Balaban J connectivity index is 1.63. The summed E-state index contributed by atoms with van der Waals surface area (Å²) >= 11 is 0. The molecule has 5 rings (SSSR count). The number of amides is 2. The maximum absolute atomic E-state index is 14.5. The Morgan fingerprint density at radius 3 is 2.97 bits per heavy atom. The van der Waals surface area contributed by atoms with E-state index in [-0.39, 0.29) is 17.6 Å². The average molecular weight is 514 g/mol. The van der Waals surface area contributed by atoms with E-state index in [0.717, 1.165) is 24.1 Å².